The van der Waals surface area contributed by atoms with Gasteiger partial charge >= 0.3 is 10.4 Å². The molecule has 0 spiro atoms. The van der Waals surface area contributed by atoms with Crippen LogP contribution in [0.2, 0.25) is 0 Å². The third-order valence-corrected chi connectivity index (χ3v) is 4.63. The largest absolute Gasteiger partial charge is 0.397 e. The van der Waals surface area contributed by atoms with E-state index >= 15 is 0 Å². The van der Waals surface area contributed by atoms with Crippen molar-refractivity contribution in [2.24, 2.45) is 5.73 Å². The smallest absolute Gasteiger partial charge is 0.395 e. The zero-order chi connectivity index (χ0) is 19.0. The first-order valence-corrected chi connectivity index (χ1v) is 11.0. The molecule has 0 saturated heterocycles. The molecule has 0 aromatic heterocycles. The zero-order valence-electron chi connectivity index (χ0n) is 15.6. The number of hydrogen-bond donors (Lipinski definition) is 3. The molecule has 0 amide bonds. The van der Waals surface area contributed by atoms with Gasteiger partial charge in [0.15, 0.2) is 0 Å². The molecule has 0 fully saturated rings. The summed E-state index contributed by atoms with van der Waals surface area (Å²) in [5.74, 6) is 0. The molecule has 0 heterocycles. The molecule has 0 bridgehead atoms. The molecular weight excluding hydrogens is 342 g/mol. The summed E-state index contributed by atoms with van der Waals surface area (Å²) >= 11 is 0. The van der Waals surface area contributed by atoms with E-state index in [1.807, 2.05) is 0 Å². The Labute approximate surface area is 153 Å². The van der Waals surface area contributed by atoms with Gasteiger partial charge < -0.3 is 10.8 Å². The second-order valence-corrected chi connectivity index (χ2v) is 7.64. The van der Waals surface area contributed by atoms with Crippen molar-refractivity contribution >= 4 is 10.4 Å². The average Bonchev–Trinajstić information content (AvgIpc) is 2.56. The molecule has 4 N–H and O–H groups in total. The Morgan fingerprint density at radius 1 is 0.960 bits per heavy atom. The summed E-state index contributed by atoms with van der Waals surface area (Å²) in [7, 11) is -4.59. The second kappa shape index (κ2) is 15.8. The fourth-order valence-electron chi connectivity index (χ4n) is 2.65. The molecule has 2 atom stereocenters. The van der Waals surface area contributed by atoms with Crippen LogP contribution in [-0.4, -0.2) is 36.8 Å². The molecule has 0 saturated carbocycles. The molecule has 6 nitrogen and oxygen atoms in total. The standard InChI is InChI=1S/C18H37NO5S/c1-2-3-4-5-6-7-8-9-10-11-12-13-14-15-18(17(19)16-20)24-25(21,22)23/h14-15,17-18,20H,2-13,16,19H2,1H3,(H,21,22,23)/b15-14+/t17-,18+/m0/s1. The first kappa shape index (κ1) is 24.5. The van der Waals surface area contributed by atoms with E-state index < -0.39 is 29.2 Å². The predicted octanol–water partition coefficient (Wildman–Crippen LogP) is 3.75. The van der Waals surface area contributed by atoms with Crippen LogP contribution in [0.1, 0.15) is 84.0 Å². The first-order chi connectivity index (χ1) is 11.9. The highest BCUT2D eigenvalue weighted by molar-refractivity contribution is 7.80. The molecule has 0 unspecified atom stereocenters. The van der Waals surface area contributed by atoms with Crippen LogP contribution in [0.15, 0.2) is 12.2 Å². The van der Waals surface area contributed by atoms with Crippen molar-refractivity contribution in [3.8, 4) is 0 Å². The maximum Gasteiger partial charge on any atom is 0.397 e. The van der Waals surface area contributed by atoms with E-state index in [-0.39, 0.29) is 0 Å². The van der Waals surface area contributed by atoms with Gasteiger partial charge in [-0.05, 0) is 12.8 Å². The van der Waals surface area contributed by atoms with Gasteiger partial charge in [-0.15, -0.1) is 0 Å². The van der Waals surface area contributed by atoms with E-state index in [1.54, 1.807) is 6.08 Å². The van der Waals surface area contributed by atoms with E-state index in [4.69, 9.17) is 15.4 Å². The number of hydrogen-bond acceptors (Lipinski definition) is 5. The Kier molecular flexibility index (Phi) is 15.5. The number of nitrogens with two attached hydrogens (primary N) is 1. The average molecular weight is 380 g/mol. The number of rotatable bonds is 17. The highest BCUT2D eigenvalue weighted by atomic mass is 32.3. The van der Waals surface area contributed by atoms with Crippen LogP contribution in [0.4, 0.5) is 0 Å². The Hall–Kier alpha value is -0.470. The molecule has 25 heavy (non-hydrogen) atoms. The van der Waals surface area contributed by atoms with Gasteiger partial charge in [0.1, 0.15) is 6.10 Å². The van der Waals surface area contributed by atoms with Crippen LogP contribution in [0.3, 0.4) is 0 Å². The topological polar surface area (TPSA) is 110 Å². The minimum absolute atomic E-state index is 0.428. The van der Waals surface area contributed by atoms with Crippen LogP contribution in [0.5, 0.6) is 0 Å². The minimum atomic E-state index is -4.59. The molecule has 0 aliphatic carbocycles. The highest BCUT2D eigenvalue weighted by Crippen LogP contribution is 2.12. The lowest BCUT2D eigenvalue weighted by Crippen LogP contribution is -2.39. The van der Waals surface area contributed by atoms with Crippen molar-refractivity contribution in [3.05, 3.63) is 12.2 Å². The summed E-state index contributed by atoms with van der Waals surface area (Å²) in [6, 6.07) is -0.893. The summed E-state index contributed by atoms with van der Waals surface area (Å²) in [5.41, 5.74) is 5.57. The van der Waals surface area contributed by atoms with Crippen LogP contribution >= 0.6 is 0 Å². The Morgan fingerprint density at radius 2 is 1.44 bits per heavy atom. The fraction of sp³-hybridized carbons (Fsp3) is 0.889. The van der Waals surface area contributed by atoms with Gasteiger partial charge in [-0.3, -0.25) is 4.55 Å². The quantitative estimate of drug-likeness (QED) is 0.202. The van der Waals surface area contributed by atoms with Gasteiger partial charge in [0.05, 0.1) is 12.6 Å². The lowest BCUT2D eigenvalue weighted by Gasteiger charge is -2.16. The SMILES string of the molecule is CCCCCCCCCCCCC/C=C/[C@@H](OS(=O)(=O)O)[C@@H](N)CO. The molecular formula is C18H37NO5S. The normalized spacial score (nSPS) is 14.9. The molecule has 0 aliphatic heterocycles. The summed E-state index contributed by atoms with van der Waals surface area (Å²) < 4.78 is 34.7. The van der Waals surface area contributed by atoms with E-state index in [0.717, 1.165) is 19.3 Å². The Bertz CT molecular complexity index is 425. The van der Waals surface area contributed by atoms with Crippen LogP contribution in [0, 0.1) is 0 Å². The maximum atomic E-state index is 10.8. The van der Waals surface area contributed by atoms with Crippen molar-refractivity contribution in [2.75, 3.05) is 6.61 Å². The van der Waals surface area contributed by atoms with E-state index in [2.05, 4.69) is 11.1 Å². The first-order valence-electron chi connectivity index (χ1n) is 9.59. The third kappa shape index (κ3) is 16.7. The summed E-state index contributed by atoms with van der Waals surface area (Å²) in [6.45, 7) is 1.81. The molecule has 7 heteroatoms. The van der Waals surface area contributed by atoms with Gasteiger partial charge in [0.25, 0.3) is 0 Å². The molecule has 0 radical (unpaired) electrons. The van der Waals surface area contributed by atoms with Crippen LogP contribution < -0.4 is 5.73 Å². The molecule has 150 valence electrons. The van der Waals surface area contributed by atoms with Crippen molar-refractivity contribution in [3.63, 3.8) is 0 Å². The van der Waals surface area contributed by atoms with Crippen molar-refractivity contribution in [2.45, 2.75) is 96.1 Å². The molecule has 0 aromatic rings. The van der Waals surface area contributed by atoms with Gasteiger partial charge in [-0.1, -0.05) is 83.3 Å². The third-order valence-electron chi connectivity index (χ3n) is 4.17. The fourth-order valence-corrected chi connectivity index (χ4v) is 3.13. The predicted molar refractivity (Wildman–Crippen MR) is 102 cm³/mol. The summed E-state index contributed by atoms with van der Waals surface area (Å²) in [4.78, 5) is 0. The number of aliphatic hydroxyl groups excluding tert-OH is 1. The van der Waals surface area contributed by atoms with Crippen LogP contribution in [0.25, 0.3) is 0 Å². The lowest BCUT2D eigenvalue weighted by molar-refractivity contribution is 0.152. The number of aliphatic hydroxyl groups is 1. The van der Waals surface area contributed by atoms with Gasteiger partial charge in [0.2, 0.25) is 0 Å². The minimum Gasteiger partial charge on any atom is -0.395 e. The number of allylic oxidation sites excluding steroid dienone is 1. The zero-order valence-corrected chi connectivity index (χ0v) is 16.4. The van der Waals surface area contributed by atoms with E-state index in [9.17, 15) is 8.42 Å². The van der Waals surface area contributed by atoms with Crippen molar-refractivity contribution < 1.29 is 22.3 Å². The van der Waals surface area contributed by atoms with E-state index in [1.165, 1.54) is 63.9 Å². The van der Waals surface area contributed by atoms with Gasteiger partial charge in [-0.25, -0.2) is 4.18 Å². The van der Waals surface area contributed by atoms with Crippen molar-refractivity contribution in [1.82, 2.24) is 0 Å². The molecule has 0 aliphatic rings. The van der Waals surface area contributed by atoms with Crippen LogP contribution in [-0.2, 0) is 14.6 Å². The molecule has 0 rings (SSSR count). The Balaban J connectivity index is 3.68. The summed E-state index contributed by atoms with van der Waals surface area (Å²) in [6.07, 6.45) is 17.0. The highest BCUT2D eigenvalue weighted by Gasteiger charge is 2.20. The molecule has 0 aromatic carbocycles. The maximum absolute atomic E-state index is 10.8. The van der Waals surface area contributed by atoms with E-state index in [0.29, 0.717) is 0 Å². The van der Waals surface area contributed by atoms with Gasteiger partial charge in [-0.2, -0.15) is 8.42 Å². The monoisotopic (exact) mass is 379 g/mol. The Morgan fingerprint density at radius 3 is 1.88 bits per heavy atom. The van der Waals surface area contributed by atoms with Gasteiger partial charge in [0, 0.05) is 0 Å². The lowest BCUT2D eigenvalue weighted by atomic mass is 10.0. The van der Waals surface area contributed by atoms with Crippen molar-refractivity contribution in [1.29, 1.82) is 0 Å². The summed E-state index contributed by atoms with van der Waals surface area (Å²) in [5, 5.41) is 8.99. The number of unbranched alkanes of at least 4 members (excludes halogenated alkanes) is 11. The second-order valence-electron chi connectivity index (χ2n) is 6.59.